The van der Waals surface area contributed by atoms with Gasteiger partial charge in [-0.2, -0.15) is 5.10 Å². The van der Waals surface area contributed by atoms with Gasteiger partial charge in [-0.05, 0) is 29.8 Å². The molecule has 0 bridgehead atoms. The van der Waals surface area contributed by atoms with E-state index in [1.165, 1.54) is 0 Å². The average Bonchev–Trinajstić information content (AvgIpc) is 2.92. The maximum Gasteiger partial charge on any atom is 0.139 e. The second kappa shape index (κ2) is 4.45. The summed E-state index contributed by atoms with van der Waals surface area (Å²) < 4.78 is 0. The van der Waals surface area contributed by atoms with Gasteiger partial charge in [0.15, 0.2) is 0 Å². The largest absolute Gasteiger partial charge is 0.506 e. The normalized spacial score (nSPS) is 10.5. The summed E-state index contributed by atoms with van der Waals surface area (Å²) in [4.78, 5) is 4.29. The first-order valence-corrected chi connectivity index (χ1v) is 5.79. The first-order valence-electron chi connectivity index (χ1n) is 5.79. The quantitative estimate of drug-likeness (QED) is 0.483. The average molecular weight is 252 g/mol. The van der Waals surface area contributed by atoms with Crippen molar-refractivity contribution < 1.29 is 5.11 Å². The molecule has 0 fully saturated rings. The van der Waals surface area contributed by atoms with Crippen molar-refractivity contribution >= 4 is 5.69 Å². The Bertz CT molecular complexity index is 706. The Kier molecular flexibility index (Phi) is 2.64. The molecule has 1 aromatic carbocycles. The van der Waals surface area contributed by atoms with E-state index in [2.05, 4.69) is 15.2 Å². The molecule has 0 saturated carbocycles. The number of phenols is 1. The number of pyridine rings is 1. The first kappa shape index (κ1) is 11.3. The number of hydrogen-bond acceptors (Lipinski definition) is 4. The van der Waals surface area contributed by atoms with Crippen LogP contribution in [0.3, 0.4) is 0 Å². The van der Waals surface area contributed by atoms with E-state index in [1.54, 1.807) is 24.5 Å². The van der Waals surface area contributed by atoms with E-state index >= 15 is 0 Å². The van der Waals surface area contributed by atoms with Crippen molar-refractivity contribution in [3.63, 3.8) is 0 Å². The Hall–Kier alpha value is -2.82. The van der Waals surface area contributed by atoms with Crippen molar-refractivity contribution in [2.24, 2.45) is 0 Å². The van der Waals surface area contributed by atoms with E-state index in [4.69, 9.17) is 5.73 Å². The fourth-order valence-corrected chi connectivity index (χ4v) is 1.92. The van der Waals surface area contributed by atoms with Gasteiger partial charge in [0.05, 0.1) is 23.3 Å². The third kappa shape index (κ3) is 2.01. The van der Waals surface area contributed by atoms with Gasteiger partial charge in [-0.1, -0.05) is 12.1 Å². The Morgan fingerprint density at radius 1 is 1.16 bits per heavy atom. The van der Waals surface area contributed by atoms with Crippen LogP contribution in [0.1, 0.15) is 0 Å². The number of nitrogens with two attached hydrogens (primary N) is 1. The molecular weight excluding hydrogens is 240 g/mol. The number of nitrogens with one attached hydrogen (secondary N) is 1. The molecule has 0 amide bonds. The molecule has 3 aromatic rings. The van der Waals surface area contributed by atoms with Crippen LogP contribution in [0.5, 0.6) is 5.75 Å². The molecule has 4 N–H and O–H groups in total. The van der Waals surface area contributed by atoms with Crippen molar-refractivity contribution in [1.29, 1.82) is 0 Å². The third-order valence-electron chi connectivity index (χ3n) is 2.90. The maximum absolute atomic E-state index is 9.69. The highest BCUT2D eigenvalue weighted by atomic mass is 16.3. The molecule has 0 aliphatic rings. The minimum atomic E-state index is 0.0608. The van der Waals surface area contributed by atoms with E-state index in [9.17, 15) is 5.11 Å². The number of phenolic OH excluding ortho intramolecular Hbond substituents is 1. The van der Waals surface area contributed by atoms with Gasteiger partial charge in [0.2, 0.25) is 0 Å². The van der Waals surface area contributed by atoms with Crippen molar-refractivity contribution in [2.45, 2.75) is 0 Å². The lowest BCUT2D eigenvalue weighted by Crippen LogP contribution is -1.88. The molecule has 19 heavy (non-hydrogen) atoms. The van der Waals surface area contributed by atoms with Crippen LogP contribution < -0.4 is 5.73 Å². The van der Waals surface area contributed by atoms with E-state index < -0.39 is 0 Å². The number of nitrogens with zero attached hydrogens (tertiary/aromatic N) is 2. The van der Waals surface area contributed by atoms with Crippen molar-refractivity contribution in [3.8, 4) is 28.3 Å². The van der Waals surface area contributed by atoms with Gasteiger partial charge in [-0.25, -0.2) is 0 Å². The lowest BCUT2D eigenvalue weighted by Gasteiger charge is -2.05. The number of anilines is 1. The smallest absolute Gasteiger partial charge is 0.139 e. The summed E-state index contributed by atoms with van der Waals surface area (Å²) in [6.07, 6.45) is 3.43. The summed E-state index contributed by atoms with van der Waals surface area (Å²) in [5, 5.41) is 16.7. The summed E-state index contributed by atoms with van der Waals surface area (Å²) in [5.41, 5.74) is 9.27. The molecule has 2 heterocycles. The van der Waals surface area contributed by atoms with Crippen LogP contribution in [0.25, 0.3) is 22.5 Å². The van der Waals surface area contributed by atoms with Crippen LogP contribution in [0.2, 0.25) is 0 Å². The molecule has 0 saturated heterocycles. The maximum atomic E-state index is 9.69. The van der Waals surface area contributed by atoms with Crippen LogP contribution in [-0.2, 0) is 0 Å². The van der Waals surface area contributed by atoms with E-state index in [0.717, 1.165) is 22.5 Å². The zero-order valence-corrected chi connectivity index (χ0v) is 10.0. The van der Waals surface area contributed by atoms with Gasteiger partial charge in [0.25, 0.3) is 0 Å². The molecule has 5 nitrogen and oxygen atoms in total. The third-order valence-corrected chi connectivity index (χ3v) is 2.90. The van der Waals surface area contributed by atoms with Gasteiger partial charge in [0, 0.05) is 11.8 Å². The molecule has 0 aliphatic heterocycles. The van der Waals surface area contributed by atoms with Gasteiger partial charge < -0.3 is 10.8 Å². The fraction of sp³-hybridized carbons (Fsp3) is 0. The number of aromatic hydroxyl groups is 1. The fourth-order valence-electron chi connectivity index (χ4n) is 1.92. The summed E-state index contributed by atoms with van der Waals surface area (Å²) >= 11 is 0. The molecular formula is C14H12N4O. The van der Waals surface area contributed by atoms with Gasteiger partial charge >= 0.3 is 0 Å². The zero-order chi connectivity index (χ0) is 13.2. The lowest BCUT2D eigenvalue weighted by molar-refractivity contribution is 0.478. The second-order valence-corrected chi connectivity index (χ2v) is 4.15. The summed E-state index contributed by atoms with van der Waals surface area (Å²) in [6.45, 7) is 0. The SMILES string of the molecule is Nc1ccc(-c2cn[nH]c2-c2ccccn2)cc1O. The van der Waals surface area contributed by atoms with E-state index in [1.807, 2.05) is 24.3 Å². The molecule has 0 aliphatic carbocycles. The highest BCUT2D eigenvalue weighted by Crippen LogP contribution is 2.32. The summed E-state index contributed by atoms with van der Waals surface area (Å²) in [6, 6.07) is 10.8. The Balaban J connectivity index is 2.12. The molecule has 3 rings (SSSR count). The van der Waals surface area contributed by atoms with Crippen molar-refractivity contribution in [1.82, 2.24) is 15.2 Å². The predicted octanol–water partition coefficient (Wildman–Crippen LogP) is 2.43. The molecule has 0 spiro atoms. The topological polar surface area (TPSA) is 87.8 Å². The van der Waals surface area contributed by atoms with Crippen LogP contribution in [0.4, 0.5) is 5.69 Å². The van der Waals surface area contributed by atoms with Gasteiger partial charge in [0.1, 0.15) is 5.75 Å². The van der Waals surface area contributed by atoms with Crippen LogP contribution in [0.15, 0.2) is 48.8 Å². The first-order chi connectivity index (χ1) is 9.25. The molecule has 0 atom stereocenters. The van der Waals surface area contributed by atoms with Crippen molar-refractivity contribution in [2.75, 3.05) is 5.73 Å². The molecule has 94 valence electrons. The van der Waals surface area contributed by atoms with Gasteiger partial charge in [-0.15, -0.1) is 0 Å². The number of benzene rings is 1. The number of H-pyrrole nitrogens is 1. The number of rotatable bonds is 2. The number of nitrogen functional groups attached to an aromatic ring is 1. The molecule has 0 unspecified atom stereocenters. The number of hydrogen-bond donors (Lipinski definition) is 3. The highest BCUT2D eigenvalue weighted by Gasteiger charge is 2.11. The van der Waals surface area contributed by atoms with Crippen LogP contribution >= 0.6 is 0 Å². The van der Waals surface area contributed by atoms with Crippen LogP contribution in [-0.4, -0.2) is 20.3 Å². The molecule has 2 aromatic heterocycles. The predicted molar refractivity (Wildman–Crippen MR) is 73.3 cm³/mol. The summed E-state index contributed by atoms with van der Waals surface area (Å²) in [7, 11) is 0. The molecule has 0 radical (unpaired) electrons. The standard InChI is InChI=1S/C14H12N4O/c15-11-5-4-9(7-13(11)19)10-8-17-18-14(10)12-3-1-2-6-16-12/h1-8,19H,15H2,(H,17,18). The number of aromatic nitrogens is 3. The van der Waals surface area contributed by atoms with Crippen LogP contribution in [0, 0.1) is 0 Å². The number of aromatic amines is 1. The Morgan fingerprint density at radius 2 is 2.05 bits per heavy atom. The van der Waals surface area contributed by atoms with E-state index in [0.29, 0.717) is 5.69 Å². The minimum Gasteiger partial charge on any atom is -0.506 e. The lowest BCUT2D eigenvalue weighted by atomic mass is 10.0. The molecule has 5 heteroatoms. The Labute approximate surface area is 109 Å². The monoisotopic (exact) mass is 252 g/mol. The highest BCUT2D eigenvalue weighted by molar-refractivity contribution is 5.80. The zero-order valence-electron chi connectivity index (χ0n) is 10.0. The Morgan fingerprint density at radius 3 is 2.79 bits per heavy atom. The van der Waals surface area contributed by atoms with E-state index in [-0.39, 0.29) is 5.75 Å². The minimum absolute atomic E-state index is 0.0608. The van der Waals surface area contributed by atoms with Crippen molar-refractivity contribution in [3.05, 3.63) is 48.8 Å². The summed E-state index contributed by atoms with van der Waals surface area (Å²) in [5.74, 6) is 0.0608. The second-order valence-electron chi connectivity index (χ2n) is 4.15. The van der Waals surface area contributed by atoms with Gasteiger partial charge in [-0.3, -0.25) is 10.1 Å².